The number of amides is 1. The van der Waals surface area contributed by atoms with Crippen LogP contribution in [0.4, 0.5) is 5.69 Å². The van der Waals surface area contributed by atoms with Crippen LogP contribution >= 0.6 is 0 Å². The lowest BCUT2D eigenvalue weighted by Gasteiger charge is -2.11. The van der Waals surface area contributed by atoms with Gasteiger partial charge >= 0.3 is 0 Å². The lowest BCUT2D eigenvalue weighted by molar-refractivity contribution is 0.0951. The molecule has 3 rings (SSSR count). The van der Waals surface area contributed by atoms with Crippen LogP contribution in [-0.2, 0) is 32.2 Å². The molecule has 1 amide bonds. The lowest BCUT2D eigenvalue weighted by atomic mass is 10.1. The van der Waals surface area contributed by atoms with Crippen molar-refractivity contribution >= 4 is 31.5 Å². The van der Waals surface area contributed by atoms with Crippen LogP contribution in [0.2, 0.25) is 0 Å². The predicted molar refractivity (Wildman–Crippen MR) is 129 cm³/mol. The molecule has 7 nitrogen and oxygen atoms in total. The number of anilines is 1. The van der Waals surface area contributed by atoms with E-state index in [1.165, 1.54) is 30.5 Å². The summed E-state index contributed by atoms with van der Waals surface area (Å²) in [5.74, 6) is -0.380. The fraction of sp³-hybridized carbons (Fsp3) is 0.208. The molecule has 0 saturated carbocycles. The summed E-state index contributed by atoms with van der Waals surface area (Å²) in [6.07, 6.45) is 1.18. The Morgan fingerprint density at radius 1 is 0.788 bits per heavy atom. The van der Waals surface area contributed by atoms with Gasteiger partial charge in [-0.15, -0.1) is 0 Å². The SMILES string of the molecule is Cc1ccc(NS(=O)(=O)c2ccc(C(=O)NCc3ccc(CS(C)(=O)=O)cc3)cc2)cc1C. The number of aryl methyl sites for hydroxylation is 2. The quantitative estimate of drug-likeness (QED) is 0.506. The number of nitrogens with one attached hydrogen (secondary N) is 2. The first-order chi connectivity index (χ1) is 15.4. The van der Waals surface area contributed by atoms with Crippen LogP contribution in [0.15, 0.2) is 71.6 Å². The van der Waals surface area contributed by atoms with Crippen LogP contribution in [0.25, 0.3) is 0 Å². The van der Waals surface area contributed by atoms with Crippen LogP contribution in [-0.4, -0.2) is 29.0 Å². The number of hydrogen-bond acceptors (Lipinski definition) is 5. The van der Waals surface area contributed by atoms with E-state index in [-0.39, 0.29) is 23.1 Å². The topological polar surface area (TPSA) is 109 Å². The summed E-state index contributed by atoms with van der Waals surface area (Å²) in [5, 5.41) is 2.77. The normalized spacial score (nSPS) is 11.7. The highest BCUT2D eigenvalue weighted by Gasteiger charge is 2.16. The smallest absolute Gasteiger partial charge is 0.261 e. The highest BCUT2D eigenvalue weighted by atomic mass is 32.2. The third-order valence-corrected chi connectivity index (χ3v) is 7.35. The Bertz CT molecular complexity index is 1360. The van der Waals surface area contributed by atoms with Crippen molar-refractivity contribution < 1.29 is 21.6 Å². The molecule has 0 heterocycles. The summed E-state index contributed by atoms with van der Waals surface area (Å²) in [7, 11) is -6.89. The van der Waals surface area contributed by atoms with Gasteiger partial charge in [0.25, 0.3) is 15.9 Å². The van der Waals surface area contributed by atoms with Crippen LogP contribution in [0, 0.1) is 13.8 Å². The molecule has 3 aromatic rings. The second kappa shape index (κ2) is 9.76. The largest absolute Gasteiger partial charge is 0.348 e. The monoisotopic (exact) mass is 486 g/mol. The van der Waals surface area contributed by atoms with Crippen molar-refractivity contribution in [2.45, 2.75) is 31.0 Å². The number of benzene rings is 3. The summed E-state index contributed by atoms with van der Waals surface area (Å²) in [4.78, 5) is 12.5. The minimum Gasteiger partial charge on any atom is -0.348 e. The Balaban J connectivity index is 1.62. The molecular formula is C24H26N2O5S2. The fourth-order valence-corrected chi connectivity index (χ4v) is 4.99. The Morgan fingerprint density at radius 2 is 1.39 bits per heavy atom. The van der Waals surface area contributed by atoms with Crippen molar-refractivity contribution in [3.05, 3.63) is 94.5 Å². The van der Waals surface area contributed by atoms with Crippen molar-refractivity contribution in [2.24, 2.45) is 0 Å². The highest BCUT2D eigenvalue weighted by Crippen LogP contribution is 2.19. The van der Waals surface area contributed by atoms with Crippen molar-refractivity contribution in [1.82, 2.24) is 5.32 Å². The van der Waals surface area contributed by atoms with Gasteiger partial charge in [-0.25, -0.2) is 16.8 Å². The van der Waals surface area contributed by atoms with Crippen LogP contribution in [0.5, 0.6) is 0 Å². The fourth-order valence-electron chi connectivity index (χ4n) is 3.14. The summed E-state index contributed by atoms with van der Waals surface area (Å²) in [5.41, 5.74) is 4.35. The molecule has 0 atom stereocenters. The number of sulfonamides is 1. The van der Waals surface area contributed by atoms with E-state index in [9.17, 15) is 21.6 Å². The Labute approximate surface area is 194 Å². The number of carbonyl (C=O) groups excluding carboxylic acids is 1. The van der Waals surface area contributed by atoms with E-state index in [0.717, 1.165) is 16.7 Å². The van der Waals surface area contributed by atoms with Crippen molar-refractivity contribution in [1.29, 1.82) is 0 Å². The van der Waals surface area contributed by atoms with E-state index in [0.29, 0.717) is 16.8 Å². The number of carbonyl (C=O) groups is 1. The van der Waals surface area contributed by atoms with Crippen molar-refractivity contribution in [3.8, 4) is 0 Å². The Kier molecular flexibility index (Phi) is 7.24. The van der Waals surface area contributed by atoms with Crippen LogP contribution in [0.3, 0.4) is 0 Å². The van der Waals surface area contributed by atoms with Gasteiger partial charge in [0.1, 0.15) is 0 Å². The number of sulfone groups is 1. The van der Waals surface area contributed by atoms with E-state index in [2.05, 4.69) is 10.0 Å². The van der Waals surface area contributed by atoms with Gasteiger partial charge in [0.15, 0.2) is 9.84 Å². The molecule has 0 radical (unpaired) electrons. The second-order valence-electron chi connectivity index (χ2n) is 8.00. The maximum Gasteiger partial charge on any atom is 0.261 e. The molecule has 0 fully saturated rings. The van der Waals surface area contributed by atoms with E-state index in [1.807, 2.05) is 19.9 Å². The van der Waals surface area contributed by atoms with Crippen LogP contribution < -0.4 is 10.0 Å². The summed E-state index contributed by atoms with van der Waals surface area (Å²) < 4.78 is 50.6. The molecule has 0 aliphatic rings. The lowest BCUT2D eigenvalue weighted by Crippen LogP contribution is -2.23. The van der Waals surface area contributed by atoms with Gasteiger partial charge in [-0.05, 0) is 72.5 Å². The first kappa shape index (κ1) is 24.5. The molecule has 2 N–H and O–H groups in total. The Morgan fingerprint density at radius 3 is 1.97 bits per heavy atom. The zero-order valence-corrected chi connectivity index (χ0v) is 20.3. The van der Waals surface area contributed by atoms with Gasteiger partial charge in [0, 0.05) is 24.1 Å². The molecule has 0 bridgehead atoms. The molecule has 0 unspecified atom stereocenters. The molecule has 0 aromatic heterocycles. The van der Waals surface area contributed by atoms with Crippen LogP contribution in [0.1, 0.15) is 32.6 Å². The van der Waals surface area contributed by atoms with Crippen molar-refractivity contribution in [3.63, 3.8) is 0 Å². The minimum absolute atomic E-state index is 0.0345. The average Bonchev–Trinajstić information content (AvgIpc) is 2.74. The maximum absolute atomic E-state index is 12.7. The number of hydrogen-bond donors (Lipinski definition) is 2. The van der Waals surface area contributed by atoms with Gasteiger partial charge in [-0.2, -0.15) is 0 Å². The average molecular weight is 487 g/mol. The predicted octanol–water partition coefficient (Wildman–Crippen LogP) is 3.58. The first-order valence-electron chi connectivity index (χ1n) is 10.2. The molecule has 0 spiro atoms. The van der Waals surface area contributed by atoms with E-state index < -0.39 is 19.9 Å². The molecule has 0 aliphatic carbocycles. The third-order valence-electron chi connectivity index (χ3n) is 5.09. The van der Waals surface area contributed by atoms with E-state index in [4.69, 9.17) is 0 Å². The first-order valence-corrected chi connectivity index (χ1v) is 13.7. The van der Waals surface area contributed by atoms with Gasteiger partial charge in [0.2, 0.25) is 0 Å². The standard InChI is InChI=1S/C24H26N2O5S2/c1-17-4-11-22(14-18(17)2)26-33(30,31)23-12-9-21(10-13-23)24(27)25-15-19-5-7-20(8-6-19)16-32(3,28)29/h4-14,26H,15-16H2,1-3H3,(H,25,27). The Hall–Kier alpha value is -3.17. The molecule has 174 valence electrons. The summed E-state index contributed by atoms with van der Waals surface area (Å²) >= 11 is 0. The third kappa shape index (κ3) is 6.90. The summed E-state index contributed by atoms with van der Waals surface area (Å²) in [6.45, 7) is 4.11. The zero-order chi connectivity index (χ0) is 24.2. The number of rotatable bonds is 8. The van der Waals surface area contributed by atoms with E-state index >= 15 is 0 Å². The molecular weight excluding hydrogens is 460 g/mol. The molecule has 0 aliphatic heterocycles. The molecule has 3 aromatic carbocycles. The maximum atomic E-state index is 12.7. The molecule has 33 heavy (non-hydrogen) atoms. The van der Waals surface area contributed by atoms with Gasteiger partial charge in [-0.3, -0.25) is 9.52 Å². The van der Waals surface area contributed by atoms with Gasteiger partial charge in [-0.1, -0.05) is 30.3 Å². The van der Waals surface area contributed by atoms with Gasteiger partial charge < -0.3 is 5.32 Å². The molecule has 9 heteroatoms. The highest BCUT2D eigenvalue weighted by molar-refractivity contribution is 7.92. The van der Waals surface area contributed by atoms with E-state index in [1.54, 1.807) is 36.4 Å². The zero-order valence-electron chi connectivity index (χ0n) is 18.6. The second-order valence-corrected chi connectivity index (χ2v) is 11.8. The molecule has 0 saturated heterocycles. The summed E-state index contributed by atoms with van der Waals surface area (Å²) in [6, 6.07) is 18.0. The minimum atomic E-state index is -3.78. The van der Waals surface area contributed by atoms with Gasteiger partial charge in [0.05, 0.1) is 10.6 Å². The van der Waals surface area contributed by atoms with Crippen molar-refractivity contribution in [2.75, 3.05) is 11.0 Å².